The maximum absolute atomic E-state index is 13.6. The van der Waals surface area contributed by atoms with Crippen molar-refractivity contribution in [2.45, 2.75) is 102 Å². The van der Waals surface area contributed by atoms with Gasteiger partial charge in [0.2, 0.25) is 5.91 Å². The summed E-state index contributed by atoms with van der Waals surface area (Å²) >= 11 is 5.55. The number of H-pyrrole nitrogens is 1. The highest BCUT2D eigenvalue weighted by Gasteiger charge is 2.35. The number of thiocarbonyl (C=S) groups is 1. The molecule has 1 saturated heterocycles. The number of aromatic nitrogens is 2. The van der Waals surface area contributed by atoms with Crippen LogP contribution in [0.4, 0.5) is 5.69 Å². The van der Waals surface area contributed by atoms with Crippen LogP contribution >= 0.6 is 12.2 Å². The second-order valence-corrected chi connectivity index (χ2v) is 11.6. The number of nitrogens with one attached hydrogen (secondary N) is 1. The van der Waals surface area contributed by atoms with Gasteiger partial charge in [-0.2, -0.15) is 0 Å². The first kappa shape index (κ1) is 25.4. The van der Waals surface area contributed by atoms with Crippen molar-refractivity contribution in [3.63, 3.8) is 0 Å². The minimum absolute atomic E-state index is 0.122. The zero-order chi connectivity index (χ0) is 24.9. The van der Waals surface area contributed by atoms with Gasteiger partial charge in [-0.3, -0.25) is 9.69 Å². The van der Waals surface area contributed by atoms with Crippen LogP contribution in [0.2, 0.25) is 0 Å². The third kappa shape index (κ3) is 5.83. The van der Waals surface area contributed by atoms with Crippen LogP contribution in [-0.4, -0.2) is 44.4 Å². The van der Waals surface area contributed by atoms with Gasteiger partial charge in [-0.15, -0.1) is 0 Å². The second kappa shape index (κ2) is 11.9. The number of nitrogens with zero attached hydrogens (tertiary/aromatic N) is 3. The Morgan fingerprint density at radius 3 is 2.36 bits per heavy atom. The SMILES string of the molecule is NC(=S)C1CC(c2ccc(N(Cc3cnc[nH]3)C(=O)C3CCCCC3)cc2)CCN1C1CCCCC1. The van der Waals surface area contributed by atoms with Gasteiger partial charge < -0.3 is 15.6 Å². The quantitative estimate of drug-likeness (QED) is 0.471. The molecule has 0 bridgehead atoms. The monoisotopic (exact) mass is 507 g/mol. The summed E-state index contributed by atoms with van der Waals surface area (Å²) in [4.78, 5) is 26.1. The van der Waals surface area contributed by atoms with E-state index in [1.165, 1.54) is 44.1 Å². The molecule has 1 aromatic carbocycles. The van der Waals surface area contributed by atoms with Gasteiger partial charge in [0.1, 0.15) is 0 Å². The number of amides is 1. The van der Waals surface area contributed by atoms with Crippen molar-refractivity contribution in [2.24, 2.45) is 11.7 Å². The number of rotatable bonds is 7. The summed E-state index contributed by atoms with van der Waals surface area (Å²) in [5.74, 6) is 0.809. The molecule has 0 radical (unpaired) electrons. The minimum Gasteiger partial charge on any atom is -0.392 e. The fourth-order valence-corrected chi connectivity index (χ4v) is 6.98. The van der Waals surface area contributed by atoms with Gasteiger partial charge in [0.25, 0.3) is 0 Å². The number of hydrogen-bond donors (Lipinski definition) is 2. The molecule has 5 rings (SSSR count). The Bertz CT molecular complexity index is 995. The Labute approximate surface area is 221 Å². The van der Waals surface area contributed by atoms with E-state index in [2.05, 4.69) is 39.1 Å². The molecule has 1 amide bonds. The number of hydrogen-bond acceptors (Lipinski definition) is 4. The molecule has 2 atom stereocenters. The molecule has 36 heavy (non-hydrogen) atoms. The number of benzene rings is 1. The smallest absolute Gasteiger partial charge is 0.230 e. The van der Waals surface area contributed by atoms with Crippen LogP contribution in [0.3, 0.4) is 0 Å². The molecule has 1 aliphatic heterocycles. The first-order valence-corrected chi connectivity index (χ1v) is 14.4. The van der Waals surface area contributed by atoms with Crippen molar-refractivity contribution >= 4 is 28.8 Å². The van der Waals surface area contributed by atoms with Crippen LogP contribution in [0.25, 0.3) is 0 Å². The Hall–Kier alpha value is -2.25. The zero-order valence-electron chi connectivity index (χ0n) is 21.4. The number of aromatic amines is 1. The lowest BCUT2D eigenvalue weighted by molar-refractivity contribution is -0.123. The molecule has 1 aromatic heterocycles. The maximum atomic E-state index is 13.6. The second-order valence-electron chi connectivity index (χ2n) is 11.1. The van der Waals surface area contributed by atoms with E-state index < -0.39 is 0 Å². The first-order chi connectivity index (χ1) is 17.6. The highest BCUT2D eigenvalue weighted by molar-refractivity contribution is 7.80. The van der Waals surface area contributed by atoms with Crippen molar-refractivity contribution in [3.8, 4) is 0 Å². The van der Waals surface area contributed by atoms with Crippen LogP contribution in [0.15, 0.2) is 36.8 Å². The molecule has 3 fully saturated rings. The molecule has 0 spiro atoms. The largest absolute Gasteiger partial charge is 0.392 e. The summed E-state index contributed by atoms with van der Waals surface area (Å²) in [7, 11) is 0. The molecule has 2 saturated carbocycles. The number of carbonyl (C=O) groups is 1. The van der Waals surface area contributed by atoms with Crippen molar-refractivity contribution < 1.29 is 4.79 Å². The number of piperidine rings is 1. The van der Waals surface area contributed by atoms with Crippen LogP contribution in [-0.2, 0) is 11.3 Å². The molecule has 3 aliphatic rings. The summed E-state index contributed by atoms with van der Waals surface area (Å²) < 4.78 is 0. The number of carbonyl (C=O) groups excluding carboxylic acids is 1. The van der Waals surface area contributed by atoms with Crippen LogP contribution < -0.4 is 10.6 Å². The molecule has 2 unspecified atom stereocenters. The Kier molecular flexibility index (Phi) is 8.37. The van der Waals surface area contributed by atoms with E-state index in [-0.39, 0.29) is 17.9 Å². The molecule has 6 nitrogen and oxygen atoms in total. The molecule has 194 valence electrons. The lowest BCUT2D eigenvalue weighted by Gasteiger charge is -2.45. The lowest BCUT2D eigenvalue weighted by Crippen LogP contribution is -2.53. The van der Waals surface area contributed by atoms with Crippen LogP contribution in [0.1, 0.15) is 94.2 Å². The van der Waals surface area contributed by atoms with E-state index in [1.54, 1.807) is 6.33 Å². The van der Waals surface area contributed by atoms with Crippen molar-refractivity contribution in [1.29, 1.82) is 0 Å². The third-order valence-electron chi connectivity index (χ3n) is 8.80. The van der Waals surface area contributed by atoms with Gasteiger partial charge in [-0.05, 0) is 68.7 Å². The van der Waals surface area contributed by atoms with Crippen LogP contribution in [0, 0.1) is 5.92 Å². The van der Waals surface area contributed by atoms with E-state index in [0.29, 0.717) is 23.5 Å². The Morgan fingerprint density at radius 1 is 1.03 bits per heavy atom. The summed E-state index contributed by atoms with van der Waals surface area (Å²) in [6, 6.07) is 9.54. The predicted molar refractivity (Wildman–Crippen MR) is 149 cm³/mol. The van der Waals surface area contributed by atoms with E-state index >= 15 is 0 Å². The molecule has 2 aromatic rings. The summed E-state index contributed by atoms with van der Waals surface area (Å²) in [6.45, 7) is 1.59. The van der Waals surface area contributed by atoms with E-state index in [9.17, 15) is 4.79 Å². The Morgan fingerprint density at radius 2 is 1.72 bits per heavy atom. The fourth-order valence-electron chi connectivity index (χ4n) is 6.75. The maximum Gasteiger partial charge on any atom is 0.230 e. The molecule has 2 aliphatic carbocycles. The molecule has 7 heteroatoms. The van der Waals surface area contributed by atoms with Gasteiger partial charge in [-0.25, -0.2) is 4.98 Å². The summed E-state index contributed by atoms with van der Waals surface area (Å²) in [6.07, 6.45) is 17.7. The number of nitrogens with two attached hydrogens (primary N) is 1. The van der Waals surface area contributed by atoms with Gasteiger partial charge >= 0.3 is 0 Å². The van der Waals surface area contributed by atoms with Crippen molar-refractivity contribution in [2.75, 3.05) is 11.4 Å². The van der Waals surface area contributed by atoms with Gasteiger partial charge in [-0.1, -0.05) is 62.9 Å². The van der Waals surface area contributed by atoms with Crippen LogP contribution in [0.5, 0.6) is 0 Å². The summed E-state index contributed by atoms with van der Waals surface area (Å²) in [5.41, 5.74) is 9.53. The molecule has 3 N–H and O–H groups in total. The topological polar surface area (TPSA) is 78.2 Å². The van der Waals surface area contributed by atoms with Gasteiger partial charge in [0, 0.05) is 23.8 Å². The highest BCUT2D eigenvalue weighted by atomic mass is 32.1. The molecule has 2 heterocycles. The average Bonchev–Trinajstić information content (AvgIpc) is 3.45. The highest BCUT2D eigenvalue weighted by Crippen LogP contribution is 2.37. The predicted octanol–water partition coefficient (Wildman–Crippen LogP) is 5.69. The van der Waals surface area contributed by atoms with E-state index in [4.69, 9.17) is 18.0 Å². The zero-order valence-corrected chi connectivity index (χ0v) is 22.2. The summed E-state index contributed by atoms with van der Waals surface area (Å²) in [5, 5.41) is 0. The first-order valence-electron chi connectivity index (χ1n) is 14.0. The lowest BCUT2D eigenvalue weighted by atomic mass is 9.82. The number of imidazole rings is 1. The van der Waals surface area contributed by atoms with Gasteiger partial charge in [0.15, 0.2) is 0 Å². The molecular weight excluding hydrogens is 466 g/mol. The van der Waals surface area contributed by atoms with E-state index in [0.717, 1.165) is 56.5 Å². The fraction of sp³-hybridized carbons (Fsp3) is 0.621. The average molecular weight is 508 g/mol. The third-order valence-corrected chi connectivity index (χ3v) is 9.07. The van der Waals surface area contributed by atoms with E-state index in [1.807, 2.05) is 11.1 Å². The van der Waals surface area contributed by atoms with Crippen molar-refractivity contribution in [3.05, 3.63) is 48.0 Å². The van der Waals surface area contributed by atoms with Crippen molar-refractivity contribution in [1.82, 2.24) is 14.9 Å². The number of anilines is 1. The standard InChI is InChI=1S/C29H41N5OS/c30-28(36)27-17-23(15-16-33(27)25-9-5-2-6-10-25)21-11-13-26(14-12-21)34(19-24-18-31-20-32-24)29(35)22-7-3-1-4-8-22/h11-14,18,20,22-23,25,27H,1-10,15-17,19H2,(H2,30,36)(H,31,32). The Balaban J connectivity index is 1.31. The normalized spacial score (nSPS) is 24.4. The minimum atomic E-state index is 0.122. The number of likely N-dealkylation sites (tertiary alicyclic amines) is 1. The molecular formula is C29H41N5OS. The van der Waals surface area contributed by atoms with Gasteiger partial charge in [0.05, 0.1) is 29.6 Å².